The predicted octanol–water partition coefficient (Wildman–Crippen LogP) is 26.1. The number of esters is 4. The number of phosphoric acid groups is 2. The van der Waals surface area contributed by atoms with E-state index in [2.05, 4.69) is 27.7 Å². The molecule has 0 radical (unpaired) electrons. The minimum Gasteiger partial charge on any atom is -0.462 e. The van der Waals surface area contributed by atoms with Crippen LogP contribution in [0.5, 0.6) is 0 Å². The van der Waals surface area contributed by atoms with Crippen LogP contribution in [-0.2, 0) is 65.4 Å². The lowest BCUT2D eigenvalue weighted by molar-refractivity contribution is -0.161. The molecule has 0 aromatic rings. The lowest BCUT2D eigenvalue weighted by Crippen LogP contribution is -2.30. The van der Waals surface area contributed by atoms with Gasteiger partial charge in [0.25, 0.3) is 0 Å². The molecular formula is C85H166O17P2. The summed E-state index contributed by atoms with van der Waals surface area (Å²) in [4.78, 5) is 73.0. The van der Waals surface area contributed by atoms with Gasteiger partial charge in [0.2, 0.25) is 0 Å². The molecule has 2 unspecified atom stereocenters. The molecule has 19 heteroatoms. The number of hydrogen-bond donors (Lipinski definition) is 3. The summed E-state index contributed by atoms with van der Waals surface area (Å²) in [5.41, 5.74) is 0. The summed E-state index contributed by atoms with van der Waals surface area (Å²) in [7, 11) is -9.92. The maximum atomic E-state index is 13.1. The normalized spacial score (nSPS) is 13.7. The highest BCUT2D eigenvalue weighted by molar-refractivity contribution is 7.47. The van der Waals surface area contributed by atoms with Gasteiger partial charge in [0.1, 0.15) is 19.3 Å². The molecule has 3 N–H and O–H groups in total. The highest BCUT2D eigenvalue weighted by Crippen LogP contribution is 2.45. The number of aliphatic hydroxyl groups excluding tert-OH is 1. The highest BCUT2D eigenvalue weighted by Gasteiger charge is 2.30. The molecule has 17 nitrogen and oxygen atoms in total. The molecule has 0 spiro atoms. The van der Waals surface area contributed by atoms with Crippen LogP contribution < -0.4 is 0 Å². The van der Waals surface area contributed by atoms with Gasteiger partial charge in [0, 0.05) is 25.7 Å². The van der Waals surface area contributed by atoms with Crippen LogP contribution in [0.15, 0.2) is 0 Å². The monoisotopic (exact) mass is 1520 g/mol. The van der Waals surface area contributed by atoms with E-state index in [0.29, 0.717) is 25.7 Å². The molecule has 0 amide bonds. The summed E-state index contributed by atoms with van der Waals surface area (Å²) < 4.78 is 68.7. The molecule has 0 aliphatic carbocycles. The van der Waals surface area contributed by atoms with Gasteiger partial charge in [-0.1, -0.05) is 413 Å². The maximum absolute atomic E-state index is 13.1. The van der Waals surface area contributed by atoms with E-state index in [0.717, 1.165) is 103 Å². The Bertz CT molecular complexity index is 1960. The molecule has 0 saturated heterocycles. The first-order chi connectivity index (χ1) is 50.7. The molecule has 104 heavy (non-hydrogen) atoms. The van der Waals surface area contributed by atoms with Gasteiger partial charge in [-0.15, -0.1) is 0 Å². The second-order valence-corrected chi connectivity index (χ2v) is 33.5. The fourth-order valence-corrected chi connectivity index (χ4v) is 14.9. The van der Waals surface area contributed by atoms with Crippen molar-refractivity contribution < 1.29 is 80.2 Å². The third-order valence-corrected chi connectivity index (χ3v) is 22.0. The summed E-state index contributed by atoms with van der Waals surface area (Å²) in [6, 6.07) is 0. The van der Waals surface area contributed by atoms with Crippen molar-refractivity contribution in [1.29, 1.82) is 0 Å². The number of carbonyl (C=O) groups excluding carboxylic acids is 4. The molecule has 0 bridgehead atoms. The van der Waals surface area contributed by atoms with E-state index in [9.17, 15) is 43.2 Å². The van der Waals surface area contributed by atoms with Crippen molar-refractivity contribution in [3.63, 3.8) is 0 Å². The second kappa shape index (κ2) is 79.2. The number of aliphatic hydroxyl groups is 1. The Labute approximate surface area is 638 Å². The first-order valence-electron chi connectivity index (χ1n) is 44.3. The number of carbonyl (C=O) groups is 4. The molecule has 0 fully saturated rings. The van der Waals surface area contributed by atoms with E-state index in [1.807, 2.05) is 0 Å². The number of phosphoric ester groups is 2. The van der Waals surface area contributed by atoms with Crippen molar-refractivity contribution in [2.75, 3.05) is 39.6 Å². The fraction of sp³-hybridized carbons (Fsp3) is 0.953. The molecule has 0 aromatic carbocycles. The number of ether oxygens (including phenoxy) is 4. The van der Waals surface area contributed by atoms with Crippen LogP contribution >= 0.6 is 15.6 Å². The van der Waals surface area contributed by atoms with Crippen LogP contribution in [0.3, 0.4) is 0 Å². The SMILES string of the molecule is CCCCCCCCCCCCCCCCCCCCCC(=O)OC[C@H](COP(=O)(O)OC[C@@H](O)COP(=O)(O)OC[C@@H](COC(=O)CCCCCCCCC)OC(=O)CCCCCCCCCCCCCCCCCCCCC)OC(=O)CCCCCCCCCCCCCCCCCCCCC. The zero-order valence-electron chi connectivity index (χ0n) is 68.0. The van der Waals surface area contributed by atoms with Crippen LogP contribution in [0.1, 0.15) is 464 Å². The number of hydrogen-bond acceptors (Lipinski definition) is 15. The smallest absolute Gasteiger partial charge is 0.462 e. The van der Waals surface area contributed by atoms with E-state index < -0.39 is 97.5 Å². The largest absolute Gasteiger partial charge is 0.472 e. The predicted molar refractivity (Wildman–Crippen MR) is 428 cm³/mol. The van der Waals surface area contributed by atoms with Gasteiger partial charge in [-0.2, -0.15) is 0 Å². The first-order valence-corrected chi connectivity index (χ1v) is 47.3. The van der Waals surface area contributed by atoms with Crippen LogP contribution in [0.2, 0.25) is 0 Å². The molecule has 5 atom stereocenters. The molecular weight excluding hydrogens is 1350 g/mol. The van der Waals surface area contributed by atoms with Crippen molar-refractivity contribution in [1.82, 2.24) is 0 Å². The Kier molecular flexibility index (Phi) is 77.7. The van der Waals surface area contributed by atoms with Crippen molar-refractivity contribution in [3.05, 3.63) is 0 Å². The minimum atomic E-state index is -4.96. The Morgan fingerprint density at radius 2 is 0.385 bits per heavy atom. The van der Waals surface area contributed by atoms with Crippen molar-refractivity contribution >= 4 is 39.5 Å². The van der Waals surface area contributed by atoms with Crippen molar-refractivity contribution in [3.8, 4) is 0 Å². The third kappa shape index (κ3) is 78.2. The standard InChI is InChI=1S/C85H166O17P2/c1-5-9-13-17-21-24-27-30-33-36-39-42-45-48-51-54-58-62-66-70-83(88)96-76-81(102-85(90)72-68-64-60-56-53-50-47-44-41-38-35-32-29-26-23-19-15-11-7-3)78-100-104(93,94)98-74-79(86)73-97-103(91,92)99-77-80(75-95-82(87)69-65-61-57-20-16-12-8-4)101-84(89)71-67-63-59-55-52-49-46-43-40-37-34-31-28-25-22-18-14-10-6-2/h79-81,86H,5-78H2,1-4H3,(H,91,92)(H,93,94)/t79-,80+,81+/m0/s1. The van der Waals surface area contributed by atoms with Gasteiger partial charge >= 0.3 is 39.5 Å². The van der Waals surface area contributed by atoms with Crippen LogP contribution in [0.25, 0.3) is 0 Å². The van der Waals surface area contributed by atoms with Crippen molar-refractivity contribution in [2.24, 2.45) is 0 Å². The highest BCUT2D eigenvalue weighted by atomic mass is 31.2. The molecule has 0 saturated carbocycles. The Hall–Kier alpha value is -1.94. The lowest BCUT2D eigenvalue weighted by Gasteiger charge is -2.21. The Balaban J connectivity index is 5.15. The lowest BCUT2D eigenvalue weighted by atomic mass is 10.0. The molecule has 0 aromatic heterocycles. The van der Waals surface area contributed by atoms with Gasteiger partial charge in [0.05, 0.1) is 26.4 Å². The summed E-state index contributed by atoms with van der Waals surface area (Å²) in [5, 5.41) is 10.7. The maximum Gasteiger partial charge on any atom is 0.472 e. The summed E-state index contributed by atoms with van der Waals surface area (Å²) in [6.45, 7) is 5.01. The van der Waals surface area contributed by atoms with Crippen LogP contribution in [0.4, 0.5) is 0 Å². The van der Waals surface area contributed by atoms with E-state index in [1.165, 1.54) is 283 Å². The van der Waals surface area contributed by atoms with Gasteiger partial charge in [-0.25, -0.2) is 9.13 Å². The average molecular weight is 1520 g/mol. The quantitative estimate of drug-likeness (QED) is 0.0222. The van der Waals surface area contributed by atoms with E-state index in [1.54, 1.807) is 0 Å². The topological polar surface area (TPSA) is 237 Å². The minimum absolute atomic E-state index is 0.109. The van der Waals surface area contributed by atoms with Gasteiger partial charge < -0.3 is 33.8 Å². The Morgan fingerprint density at radius 3 is 0.567 bits per heavy atom. The van der Waals surface area contributed by atoms with Gasteiger partial charge in [0.15, 0.2) is 12.2 Å². The average Bonchev–Trinajstić information content (AvgIpc) is 1.06. The molecule has 0 rings (SSSR count). The number of unbranched alkanes of at least 4 members (excludes halogenated alkanes) is 60. The van der Waals surface area contributed by atoms with E-state index in [4.69, 9.17) is 37.0 Å². The summed E-state index contributed by atoms with van der Waals surface area (Å²) in [5.74, 6) is -2.10. The number of rotatable bonds is 86. The summed E-state index contributed by atoms with van der Waals surface area (Å²) >= 11 is 0. The fourth-order valence-electron chi connectivity index (χ4n) is 13.3. The van der Waals surface area contributed by atoms with E-state index in [-0.39, 0.29) is 25.7 Å². The molecule has 0 heterocycles. The molecule has 618 valence electrons. The molecule has 0 aliphatic heterocycles. The first kappa shape index (κ1) is 102. The summed E-state index contributed by atoms with van der Waals surface area (Å²) in [6.07, 6.45) is 73.9. The molecule has 0 aliphatic rings. The zero-order chi connectivity index (χ0) is 76.0. The van der Waals surface area contributed by atoms with Gasteiger partial charge in [-0.3, -0.25) is 37.3 Å². The second-order valence-electron chi connectivity index (χ2n) is 30.6. The Morgan fingerprint density at radius 1 is 0.231 bits per heavy atom. The van der Waals surface area contributed by atoms with E-state index >= 15 is 0 Å². The third-order valence-electron chi connectivity index (χ3n) is 20.1. The van der Waals surface area contributed by atoms with Crippen molar-refractivity contribution in [2.45, 2.75) is 483 Å². The van der Waals surface area contributed by atoms with Gasteiger partial charge in [-0.05, 0) is 25.7 Å². The van der Waals surface area contributed by atoms with Crippen LogP contribution in [0, 0.1) is 0 Å². The zero-order valence-corrected chi connectivity index (χ0v) is 69.8. The van der Waals surface area contributed by atoms with Crippen LogP contribution in [-0.4, -0.2) is 96.7 Å².